The number of nitriles is 1. The van der Waals surface area contributed by atoms with Gasteiger partial charge in [0.05, 0.1) is 16.6 Å². The van der Waals surface area contributed by atoms with E-state index < -0.39 is 4.92 Å². The van der Waals surface area contributed by atoms with Crippen LogP contribution in [-0.2, 0) is 4.79 Å². The van der Waals surface area contributed by atoms with Gasteiger partial charge in [0.2, 0.25) is 5.91 Å². The number of nitro benzene ring substituents is 1. The molecule has 1 aromatic carbocycles. The van der Waals surface area contributed by atoms with Gasteiger partial charge < -0.3 is 11.1 Å². The number of carbonyl (C=O) groups is 1. The zero-order chi connectivity index (χ0) is 13.5. The van der Waals surface area contributed by atoms with Gasteiger partial charge in [-0.3, -0.25) is 14.9 Å². The summed E-state index contributed by atoms with van der Waals surface area (Å²) in [5.74, 6) is -0.340. The topological polar surface area (TPSA) is 122 Å². The molecule has 0 atom stereocenters. The van der Waals surface area contributed by atoms with Crippen LogP contribution in [-0.4, -0.2) is 17.4 Å². The maximum atomic E-state index is 11.4. The summed E-state index contributed by atoms with van der Waals surface area (Å²) in [6.07, 6.45) is 0.712. The van der Waals surface area contributed by atoms with Crippen molar-refractivity contribution in [3.05, 3.63) is 33.9 Å². The predicted molar refractivity (Wildman–Crippen MR) is 64.7 cm³/mol. The van der Waals surface area contributed by atoms with Crippen LogP contribution >= 0.6 is 0 Å². The molecule has 0 bridgehead atoms. The summed E-state index contributed by atoms with van der Waals surface area (Å²) in [5.41, 5.74) is 5.22. The Labute approximate surface area is 103 Å². The Balaban J connectivity index is 2.92. The molecule has 3 N–H and O–H groups in total. The lowest BCUT2D eigenvalue weighted by molar-refractivity contribution is -0.383. The molecule has 18 heavy (non-hydrogen) atoms. The van der Waals surface area contributed by atoms with Crippen LogP contribution in [0.25, 0.3) is 0 Å². The molecule has 0 spiro atoms. The Kier molecular flexibility index (Phi) is 4.78. The quantitative estimate of drug-likeness (QED) is 0.597. The van der Waals surface area contributed by atoms with E-state index in [9.17, 15) is 14.9 Å². The first kappa shape index (κ1) is 13.6. The molecule has 0 heterocycles. The molecule has 0 saturated heterocycles. The maximum absolute atomic E-state index is 11.4. The third-order valence-electron chi connectivity index (χ3n) is 2.21. The van der Waals surface area contributed by atoms with E-state index in [1.54, 1.807) is 6.07 Å². The highest BCUT2D eigenvalue weighted by Crippen LogP contribution is 2.25. The molecule has 0 saturated carbocycles. The van der Waals surface area contributed by atoms with Crippen LogP contribution < -0.4 is 11.1 Å². The fraction of sp³-hybridized carbons (Fsp3) is 0.273. The van der Waals surface area contributed by atoms with E-state index in [2.05, 4.69) is 5.32 Å². The van der Waals surface area contributed by atoms with Crippen LogP contribution in [0.4, 0.5) is 11.4 Å². The van der Waals surface area contributed by atoms with E-state index in [-0.39, 0.29) is 29.3 Å². The molecule has 7 heteroatoms. The highest BCUT2D eigenvalue weighted by Gasteiger charge is 2.16. The first-order valence-electron chi connectivity index (χ1n) is 5.27. The van der Waals surface area contributed by atoms with Gasteiger partial charge in [-0.2, -0.15) is 5.26 Å². The molecular weight excluding hydrogens is 236 g/mol. The standard InChI is InChI=1S/C11H12N4O3/c12-5-1-2-11(16)14-9-4-3-8(7-13)6-10(9)15(17)18/h3-4,6H,1-2,5,12H2,(H,14,16). The normalized spacial score (nSPS) is 9.56. The summed E-state index contributed by atoms with van der Waals surface area (Å²) in [5, 5.41) is 21.9. The van der Waals surface area contributed by atoms with Gasteiger partial charge in [-0.1, -0.05) is 0 Å². The highest BCUT2D eigenvalue weighted by atomic mass is 16.6. The smallest absolute Gasteiger partial charge is 0.294 e. The number of hydrogen-bond donors (Lipinski definition) is 2. The van der Waals surface area contributed by atoms with Crippen LogP contribution in [0, 0.1) is 21.4 Å². The number of rotatable bonds is 5. The average Bonchev–Trinajstić information content (AvgIpc) is 2.36. The van der Waals surface area contributed by atoms with Crippen molar-refractivity contribution in [2.75, 3.05) is 11.9 Å². The molecule has 1 rings (SSSR count). The summed E-state index contributed by atoms with van der Waals surface area (Å²) in [6.45, 7) is 0.378. The molecule has 94 valence electrons. The van der Waals surface area contributed by atoms with Crippen LogP contribution in [0.3, 0.4) is 0 Å². The number of hydrogen-bond acceptors (Lipinski definition) is 5. The van der Waals surface area contributed by atoms with Crippen molar-refractivity contribution in [2.45, 2.75) is 12.8 Å². The fourth-order valence-corrected chi connectivity index (χ4v) is 1.33. The van der Waals surface area contributed by atoms with Gasteiger partial charge >= 0.3 is 0 Å². The van der Waals surface area contributed by atoms with Crippen molar-refractivity contribution in [3.63, 3.8) is 0 Å². The summed E-state index contributed by atoms with van der Waals surface area (Å²) >= 11 is 0. The maximum Gasteiger partial charge on any atom is 0.294 e. The van der Waals surface area contributed by atoms with Gasteiger partial charge in [0.25, 0.3) is 5.69 Å². The van der Waals surface area contributed by atoms with Gasteiger partial charge in [0.1, 0.15) is 5.69 Å². The van der Waals surface area contributed by atoms with E-state index in [4.69, 9.17) is 11.0 Å². The minimum Gasteiger partial charge on any atom is -0.330 e. The van der Waals surface area contributed by atoms with Gasteiger partial charge in [-0.25, -0.2) is 0 Å². The van der Waals surface area contributed by atoms with Gasteiger partial charge in [-0.15, -0.1) is 0 Å². The number of nitrogens with one attached hydrogen (secondary N) is 1. The second-order valence-corrected chi connectivity index (χ2v) is 3.54. The van der Waals surface area contributed by atoms with E-state index >= 15 is 0 Å². The number of nitrogens with two attached hydrogens (primary N) is 1. The van der Waals surface area contributed by atoms with Crippen molar-refractivity contribution in [2.24, 2.45) is 5.73 Å². The predicted octanol–water partition coefficient (Wildman–Crippen LogP) is 1.14. The average molecular weight is 248 g/mol. The van der Waals surface area contributed by atoms with Crippen LogP contribution in [0.2, 0.25) is 0 Å². The number of amides is 1. The molecule has 0 aliphatic carbocycles. The molecule has 0 aliphatic heterocycles. The summed E-state index contributed by atoms with van der Waals surface area (Å²) in [4.78, 5) is 21.6. The lowest BCUT2D eigenvalue weighted by atomic mass is 10.2. The molecule has 0 fully saturated rings. The lowest BCUT2D eigenvalue weighted by Crippen LogP contribution is -2.14. The molecular formula is C11H12N4O3. The second kappa shape index (κ2) is 6.32. The Morgan fingerprint density at radius 3 is 2.83 bits per heavy atom. The molecule has 7 nitrogen and oxygen atoms in total. The highest BCUT2D eigenvalue weighted by molar-refractivity contribution is 5.93. The van der Waals surface area contributed by atoms with Crippen LogP contribution in [0.15, 0.2) is 18.2 Å². The first-order valence-corrected chi connectivity index (χ1v) is 5.27. The second-order valence-electron chi connectivity index (χ2n) is 3.54. The summed E-state index contributed by atoms with van der Waals surface area (Å²) in [7, 11) is 0. The minimum absolute atomic E-state index is 0.0843. The number of anilines is 1. The Morgan fingerprint density at radius 1 is 1.56 bits per heavy atom. The van der Waals surface area contributed by atoms with E-state index in [0.29, 0.717) is 13.0 Å². The number of nitrogens with zero attached hydrogens (tertiary/aromatic N) is 2. The number of carbonyl (C=O) groups excluding carboxylic acids is 1. The SMILES string of the molecule is N#Cc1ccc(NC(=O)CCCN)c([N+](=O)[O-])c1. The largest absolute Gasteiger partial charge is 0.330 e. The zero-order valence-electron chi connectivity index (χ0n) is 9.55. The summed E-state index contributed by atoms with van der Waals surface area (Å²) < 4.78 is 0. The van der Waals surface area contributed by atoms with Gasteiger partial charge in [0, 0.05) is 12.5 Å². The van der Waals surface area contributed by atoms with Crippen molar-refractivity contribution in [1.29, 1.82) is 5.26 Å². The van der Waals surface area contributed by atoms with Gasteiger partial charge in [0.15, 0.2) is 0 Å². The van der Waals surface area contributed by atoms with Crippen molar-refractivity contribution in [3.8, 4) is 6.07 Å². The Morgan fingerprint density at radius 2 is 2.28 bits per heavy atom. The van der Waals surface area contributed by atoms with Gasteiger partial charge in [-0.05, 0) is 25.1 Å². The molecule has 0 aliphatic rings. The molecule has 0 radical (unpaired) electrons. The van der Waals surface area contributed by atoms with Crippen molar-refractivity contribution >= 4 is 17.3 Å². The molecule has 0 unspecified atom stereocenters. The molecule has 1 aromatic rings. The molecule has 0 aromatic heterocycles. The number of nitro groups is 1. The van der Waals surface area contributed by atoms with E-state index in [1.807, 2.05) is 0 Å². The fourth-order valence-electron chi connectivity index (χ4n) is 1.33. The third-order valence-corrected chi connectivity index (χ3v) is 2.21. The first-order chi connectivity index (χ1) is 8.58. The number of benzene rings is 1. The van der Waals surface area contributed by atoms with Crippen molar-refractivity contribution < 1.29 is 9.72 Å². The minimum atomic E-state index is -0.639. The Bertz CT molecular complexity index is 508. The van der Waals surface area contributed by atoms with Crippen molar-refractivity contribution in [1.82, 2.24) is 0 Å². The zero-order valence-corrected chi connectivity index (χ0v) is 9.55. The van der Waals surface area contributed by atoms with E-state index in [0.717, 1.165) is 6.07 Å². The van der Waals surface area contributed by atoms with Crippen LogP contribution in [0.1, 0.15) is 18.4 Å². The monoisotopic (exact) mass is 248 g/mol. The summed E-state index contributed by atoms with van der Waals surface area (Å²) in [6, 6.07) is 5.68. The molecule has 1 amide bonds. The van der Waals surface area contributed by atoms with Crippen LogP contribution in [0.5, 0.6) is 0 Å². The third kappa shape index (κ3) is 3.54. The Hall–Kier alpha value is -2.46. The van der Waals surface area contributed by atoms with E-state index in [1.165, 1.54) is 12.1 Å². The lowest BCUT2D eigenvalue weighted by Gasteiger charge is -2.05.